The van der Waals surface area contributed by atoms with Gasteiger partial charge in [0.25, 0.3) is 5.91 Å². The van der Waals surface area contributed by atoms with Crippen LogP contribution < -0.4 is 20.9 Å². The number of aryl methyl sites for hydroxylation is 1. The fourth-order valence-electron chi connectivity index (χ4n) is 4.76. The predicted molar refractivity (Wildman–Crippen MR) is 155 cm³/mol. The fourth-order valence-corrected chi connectivity index (χ4v) is 4.76. The number of amides is 2. The van der Waals surface area contributed by atoms with Crippen molar-refractivity contribution in [3.8, 4) is 11.8 Å². The standard InChI is InChI=1S/C29H38N8O3/c1-7-8-16-37-24(26(38)31-17-23-32-19(2)21-13-9-10-14-22(21)34-23)25(30-6)35-27(37)36-15-11-12-20(18-36)33-28(39)40-29(3,4)5/h9-10,13-14,20,30H,11-12,15-18H2,1-6H3,(H,31,38)(H,33,39)/t20-/m1/s1. The number of nitrogens with one attached hydrogen (secondary N) is 3. The number of hydrogen-bond acceptors (Lipinski definition) is 8. The lowest BCUT2D eigenvalue weighted by Gasteiger charge is -2.34. The number of para-hydroxylation sites is 1. The Kier molecular flexibility index (Phi) is 8.77. The van der Waals surface area contributed by atoms with E-state index in [1.807, 2.05) is 56.5 Å². The monoisotopic (exact) mass is 546 g/mol. The number of alkyl carbamates (subject to hydrolysis) is 1. The van der Waals surface area contributed by atoms with Gasteiger partial charge in [0.2, 0.25) is 5.95 Å². The molecule has 0 radical (unpaired) electrons. The van der Waals surface area contributed by atoms with E-state index in [0.717, 1.165) is 36.0 Å². The normalized spacial score (nSPS) is 15.2. The lowest BCUT2D eigenvalue weighted by molar-refractivity contribution is 0.0499. The summed E-state index contributed by atoms with van der Waals surface area (Å²) < 4.78 is 7.26. The molecule has 2 aromatic heterocycles. The molecule has 0 bridgehead atoms. The van der Waals surface area contributed by atoms with Gasteiger partial charge < -0.3 is 25.6 Å². The largest absolute Gasteiger partial charge is 0.444 e. The highest BCUT2D eigenvalue weighted by molar-refractivity contribution is 5.98. The van der Waals surface area contributed by atoms with Crippen LogP contribution >= 0.6 is 0 Å². The van der Waals surface area contributed by atoms with Crippen LogP contribution in [0.1, 0.15) is 62.5 Å². The van der Waals surface area contributed by atoms with Crippen molar-refractivity contribution in [1.29, 1.82) is 0 Å². The number of benzene rings is 1. The summed E-state index contributed by atoms with van der Waals surface area (Å²) in [6.45, 7) is 10.9. The smallest absolute Gasteiger partial charge is 0.407 e. The molecular weight excluding hydrogens is 508 g/mol. The second-order valence-corrected chi connectivity index (χ2v) is 10.7. The molecule has 0 aliphatic carbocycles. The summed E-state index contributed by atoms with van der Waals surface area (Å²) >= 11 is 0. The van der Waals surface area contributed by atoms with Gasteiger partial charge in [0.1, 0.15) is 11.4 Å². The molecule has 0 spiro atoms. The highest BCUT2D eigenvalue weighted by Gasteiger charge is 2.30. The summed E-state index contributed by atoms with van der Waals surface area (Å²) in [4.78, 5) is 42.0. The summed E-state index contributed by atoms with van der Waals surface area (Å²) in [5.74, 6) is 7.27. The topological polar surface area (TPSA) is 126 Å². The van der Waals surface area contributed by atoms with Gasteiger partial charge in [-0.25, -0.2) is 14.8 Å². The van der Waals surface area contributed by atoms with Crippen LogP contribution in [0.2, 0.25) is 0 Å². The van der Waals surface area contributed by atoms with Crippen molar-refractivity contribution < 1.29 is 14.3 Å². The molecule has 40 heavy (non-hydrogen) atoms. The first kappa shape index (κ1) is 28.7. The van der Waals surface area contributed by atoms with Crippen molar-refractivity contribution in [2.75, 3.05) is 30.4 Å². The van der Waals surface area contributed by atoms with Crippen LogP contribution in [0.25, 0.3) is 10.9 Å². The number of rotatable bonds is 7. The van der Waals surface area contributed by atoms with Crippen LogP contribution in [0.4, 0.5) is 16.6 Å². The number of ether oxygens (including phenoxy) is 1. The van der Waals surface area contributed by atoms with Crippen molar-refractivity contribution in [1.82, 2.24) is 30.2 Å². The fraction of sp³-hybridized carbons (Fsp3) is 0.483. The number of hydrogen-bond donors (Lipinski definition) is 3. The van der Waals surface area contributed by atoms with Crippen molar-refractivity contribution in [2.24, 2.45) is 0 Å². The molecule has 0 unspecified atom stereocenters. The minimum atomic E-state index is -0.575. The Balaban J connectivity index is 1.56. The second-order valence-electron chi connectivity index (χ2n) is 10.7. The molecule has 1 aliphatic heterocycles. The van der Waals surface area contributed by atoms with Crippen LogP contribution in [0, 0.1) is 18.8 Å². The third-order valence-corrected chi connectivity index (χ3v) is 6.49. The molecule has 212 valence electrons. The molecule has 1 aliphatic rings. The third kappa shape index (κ3) is 6.81. The van der Waals surface area contributed by atoms with E-state index in [1.165, 1.54) is 0 Å². The van der Waals surface area contributed by atoms with E-state index in [9.17, 15) is 9.59 Å². The van der Waals surface area contributed by atoms with Gasteiger partial charge in [0, 0.05) is 37.3 Å². The third-order valence-electron chi connectivity index (χ3n) is 6.49. The highest BCUT2D eigenvalue weighted by atomic mass is 16.6. The first-order valence-corrected chi connectivity index (χ1v) is 13.5. The van der Waals surface area contributed by atoms with Gasteiger partial charge in [0.05, 0.1) is 18.6 Å². The minimum Gasteiger partial charge on any atom is -0.444 e. The van der Waals surface area contributed by atoms with Gasteiger partial charge in [0.15, 0.2) is 11.5 Å². The summed E-state index contributed by atoms with van der Waals surface area (Å²) in [5, 5.41) is 9.99. The molecule has 3 aromatic rings. The molecule has 11 nitrogen and oxygen atoms in total. The number of carbonyl (C=O) groups excluding carboxylic acids is 2. The summed E-state index contributed by atoms with van der Waals surface area (Å²) in [6, 6.07) is 7.68. The summed E-state index contributed by atoms with van der Waals surface area (Å²) in [7, 11) is 1.73. The van der Waals surface area contributed by atoms with E-state index in [0.29, 0.717) is 29.8 Å². The minimum absolute atomic E-state index is 0.116. The van der Waals surface area contributed by atoms with Gasteiger partial charge in [-0.2, -0.15) is 4.98 Å². The zero-order valence-corrected chi connectivity index (χ0v) is 24.1. The number of carbonyl (C=O) groups is 2. The molecule has 1 aromatic carbocycles. The van der Waals surface area contributed by atoms with Crippen LogP contribution in [0.15, 0.2) is 24.3 Å². The Morgan fingerprint density at radius 1 is 1.18 bits per heavy atom. The van der Waals surface area contributed by atoms with E-state index in [-0.39, 0.29) is 25.0 Å². The van der Waals surface area contributed by atoms with Gasteiger partial charge >= 0.3 is 6.09 Å². The maximum absolute atomic E-state index is 13.6. The van der Waals surface area contributed by atoms with Crippen LogP contribution in [-0.4, -0.2) is 63.3 Å². The van der Waals surface area contributed by atoms with Crippen LogP contribution in [0.3, 0.4) is 0 Å². The van der Waals surface area contributed by atoms with Crippen molar-refractivity contribution >= 4 is 34.7 Å². The quantitative estimate of drug-likeness (QED) is 0.384. The molecule has 3 heterocycles. The zero-order chi connectivity index (χ0) is 28.9. The van der Waals surface area contributed by atoms with Crippen molar-refractivity contribution in [3.63, 3.8) is 0 Å². The van der Waals surface area contributed by atoms with Gasteiger partial charge in [-0.15, -0.1) is 5.92 Å². The van der Waals surface area contributed by atoms with Crippen LogP contribution in [0.5, 0.6) is 0 Å². The summed E-state index contributed by atoms with van der Waals surface area (Å²) in [5.41, 5.74) is 1.49. The summed E-state index contributed by atoms with van der Waals surface area (Å²) in [6.07, 6.45) is 1.23. The maximum Gasteiger partial charge on any atom is 0.407 e. The molecule has 3 N–H and O–H groups in total. The average Bonchev–Trinajstić information content (AvgIpc) is 3.28. The molecule has 2 amide bonds. The van der Waals surface area contributed by atoms with Gasteiger partial charge in [-0.1, -0.05) is 24.1 Å². The number of imidazole rings is 1. The van der Waals surface area contributed by atoms with E-state index < -0.39 is 11.7 Å². The Bertz CT molecular complexity index is 1450. The van der Waals surface area contributed by atoms with E-state index in [1.54, 1.807) is 14.0 Å². The average molecular weight is 547 g/mol. The lowest BCUT2D eigenvalue weighted by Crippen LogP contribution is -2.49. The molecule has 11 heteroatoms. The highest BCUT2D eigenvalue weighted by Crippen LogP contribution is 2.27. The predicted octanol–water partition coefficient (Wildman–Crippen LogP) is 3.62. The van der Waals surface area contributed by atoms with Crippen molar-refractivity contribution in [2.45, 2.75) is 72.2 Å². The molecule has 1 saturated heterocycles. The SMILES string of the molecule is CC#CCn1c(N2CCC[C@@H](NC(=O)OC(C)(C)C)C2)nc(NC)c1C(=O)NCc1nc(C)c2ccccc2n1. The first-order chi connectivity index (χ1) is 19.1. The van der Waals surface area contributed by atoms with E-state index >= 15 is 0 Å². The molecule has 1 fully saturated rings. The molecule has 1 atom stereocenters. The number of piperidine rings is 1. The number of nitrogens with zero attached hydrogens (tertiary/aromatic N) is 5. The van der Waals surface area contributed by atoms with Gasteiger partial charge in [-0.3, -0.25) is 9.36 Å². The van der Waals surface area contributed by atoms with E-state index in [4.69, 9.17) is 9.72 Å². The Morgan fingerprint density at radius 3 is 2.67 bits per heavy atom. The Hall–Kier alpha value is -4.33. The lowest BCUT2D eigenvalue weighted by atomic mass is 10.1. The maximum atomic E-state index is 13.6. The first-order valence-electron chi connectivity index (χ1n) is 13.5. The Labute approximate surface area is 235 Å². The second kappa shape index (κ2) is 12.2. The number of fused-ring (bicyclic) bond motifs is 1. The molecule has 4 rings (SSSR count). The number of anilines is 2. The van der Waals surface area contributed by atoms with E-state index in [2.05, 4.69) is 42.7 Å². The Morgan fingerprint density at radius 2 is 1.95 bits per heavy atom. The zero-order valence-electron chi connectivity index (χ0n) is 24.1. The molecule has 0 saturated carbocycles. The molecular formula is C29H38N8O3. The van der Waals surface area contributed by atoms with Crippen LogP contribution in [-0.2, 0) is 17.8 Å². The number of aromatic nitrogens is 4. The van der Waals surface area contributed by atoms with Crippen molar-refractivity contribution in [3.05, 3.63) is 41.5 Å². The van der Waals surface area contributed by atoms with Gasteiger partial charge in [-0.05, 0) is 53.5 Å².